The number of carbonyl (C=O) groups is 2. The van der Waals surface area contributed by atoms with Crippen molar-refractivity contribution < 1.29 is 9.59 Å². The van der Waals surface area contributed by atoms with Crippen molar-refractivity contribution in [2.45, 2.75) is 12.8 Å². The number of amides is 2. The molecule has 0 aromatic rings. The van der Waals surface area contributed by atoms with Crippen molar-refractivity contribution in [1.82, 2.24) is 4.90 Å². The second-order valence-electron chi connectivity index (χ2n) is 5.73. The molecule has 1 aliphatic heterocycles. The average Bonchev–Trinajstić information content (AvgIpc) is 2.45. The third kappa shape index (κ3) is 0.761. The number of hydrogen-bond donors (Lipinski definition) is 0. The number of likely N-dealkylation sites (tertiary alicyclic amines) is 1. The topological polar surface area (TPSA) is 37.4 Å². The van der Waals surface area contributed by atoms with E-state index < -0.39 is 0 Å². The Kier molecular flexibility index (Phi) is 1.45. The second-order valence-corrected chi connectivity index (χ2v) is 5.73. The largest absolute Gasteiger partial charge is 0.285 e. The molecule has 6 unspecified atom stereocenters. The van der Waals surface area contributed by atoms with Gasteiger partial charge in [0.15, 0.2) is 0 Å². The van der Waals surface area contributed by atoms with E-state index in [1.165, 1.54) is 17.7 Å². The summed E-state index contributed by atoms with van der Waals surface area (Å²) >= 11 is 0. The summed E-state index contributed by atoms with van der Waals surface area (Å²) in [6, 6.07) is 0. The first-order valence-electron chi connectivity index (χ1n) is 6.20. The van der Waals surface area contributed by atoms with E-state index in [1.807, 2.05) is 0 Å². The van der Waals surface area contributed by atoms with Crippen LogP contribution in [0.3, 0.4) is 0 Å². The molecule has 0 aromatic heterocycles. The summed E-state index contributed by atoms with van der Waals surface area (Å²) in [5, 5.41) is 0. The monoisotopic (exact) mass is 217 g/mol. The molecular weight excluding hydrogens is 202 g/mol. The molecule has 1 saturated heterocycles. The maximum atomic E-state index is 12.1. The fraction of sp³-hybridized carbons (Fsp3) is 0.692. The highest BCUT2D eigenvalue weighted by Crippen LogP contribution is 2.61. The van der Waals surface area contributed by atoms with Crippen LogP contribution in [0.15, 0.2) is 12.2 Å². The van der Waals surface area contributed by atoms with Crippen LogP contribution in [0.4, 0.5) is 0 Å². The lowest BCUT2D eigenvalue weighted by Crippen LogP contribution is -2.53. The fourth-order valence-electron chi connectivity index (χ4n) is 4.49. The van der Waals surface area contributed by atoms with Crippen LogP contribution < -0.4 is 0 Å². The predicted octanol–water partition coefficient (Wildman–Crippen LogP) is 1.06. The SMILES string of the molecule is CN1C(=O)C2C3C=CC(C4CCC34)C2C1=O. The first kappa shape index (κ1) is 8.97. The number of imide groups is 1. The predicted molar refractivity (Wildman–Crippen MR) is 57.1 cm³/mol. The molecule has 2 bridgehead atoms. The molecule has 5 rings (SSSR count). The van der Waals surface area contributed by atoms with Gasteiger partial charge in [0.1, 0.15) is 0 Å². The van der Waals surface area contributed by atoms with Crippen LogP contribution in [0.1, 0.15) is 12.8 Å². The number of carbonyl (C=O) groups excluding carboxylic acids is 2. The highest BCUT2D eigenvalue weighted by atomic mass is 16.2. The van der Waals surface area contributed by atoms with E-state index in [-0.39, 0.29) is 23.7 Å². The van der Waals surface area contributed by atoms with Crippen molar-refractivity contribution >= 4 is 11.8 Å². The molecule has 1 heterocycles. The van der Waals surface area contributed by atoms with Crippen molar-refractivity contribution in [1.29, 1.82) is 0 Å². The Labute approximate surface area is 94.5 Å². The van der Waals surface area contributed by atoms with Gasteiger partial charge < -0.3 is 0 Å². The molecule has 0 aromatic carbocycles. The maximum Gasteiger partial charge on any atom is 0.233 e. The highest BCUT2D eigenvalue weighted by molar-refractivity contribution is 6.05. The van der Waals surface area contributed by atoms with Crippen LogP contribution in [0.5, 0.6) is 0 Å². The fourth-order valence-corrected chi connectivity index (χ4v) is 4.49. The third-order valence-corrected chi connectivity index (χ3v) is 5.38. The zero-order chi connectivity index (χ0) is 11.0. The van der Waals surface area contributed by atoms with E-state index in [0.29, 0.717) is 23.7 Å². The van der Waals surface area contributed by atoms with Gasteiger partial charge in [0.05, 0.1) is 11.8 Å². The highest BCUT2D eigenvalue weighted by Gasteiger charge is 2.63. The molecule has 2 amide bonds. The van der Waals surface area contributed by atoms with Gasteiger partial charge in [-0.05, 0) is 36.5 Å². The number of rotatable bonds is 0. The molecule has 5 aliphatic rings. The Morgan fingerprint density at radius 2 is 1.44 bits per heavy atom. The first-order valence-corrected chi connectivity index (χ1v) is 6.20. The third-order valence-electron chi connectivity index (χ3n) is 5.38. The van der Waals surface area contributed by atoms with E-state index >= 15 is 0 Å². The number of nitrogens with zero attached hydrogens (tertiary/aromatic N) is 1. The smallest absolute Gasteiger partial charge is 0.233 e. The minimum Gasteiger partial charge on any atom is -0.285 e. The van der Waals surface area contributed by atoms with Gasteiger partial charge in [-0.25, -0.2) is 0 Å². The van der Waals surface area contributed by atoms with E-state index in [1.54, 1.807) is 7.05 Å². The Bertz CT molecular complexity index is 390. The molecule has 3 nitrogen and oxygen atoms in total. The summed E-state index contributed by atoms with van der Waals surface area (Å²) in [4.78, 5) is 25.5. The summed E-state index contributed by atoms with van der Waals surface area (Å²) in [6.45, 7) is 0. The first-order chi connectivity index (χ1) is 7.70. The Morgan fingerprint density at radius 3 is 1.81 bits per heavy atom. The minimum absolute atomic E-state index is 0.0194. The van der Waals surface area contributed by atoms with E-state index in [2.05, 4.69) is 12.2 Å². The van der Waals surface area contributed by atoms with Gasteiger partial charge in [0.2, 0.25) is 11.8 Å². The average molecular weight is 217 g/mol. The van der Waals surface area contributed by atoms with Gasteiger partial charge in [0, 0.05) is 7.05 Å². The Balaban J connectivity index is 1.84. The normalized spacial score (nSPS) is 52.7. The van der Waals surface area contributed by atoms with Gasteiger partial charge >= 0.3 is 0 Å². The van der Waals surface area contributed by atoms with Crippen molar-refractivity contribution in [2.24, 2.45) is 35.5 Å². The Hall–Kier alpha value is -1.12. The molecule has 2 saturated carbocycles. The lowest BCUT2D eigenvalue weighted by atomic mass is 9.47. The van der Waals surface area contributed by atoms with Crippen LogP contribution in [0.25, 0.3) is 0 Å². The van der Waals surface area contributed by atoms with Crippen LogP contribution in [-0.2, 0) is 9.59 Å². The van der Waals surface area contributed by atoms with E-state index in [0.717, 1.165) is 0 Å². The lowest BCUT2D eigenvalue weighted by molar-refractivity contribution is -0.138. The van der Waals surface area contributed by atoms with Crippen LogP contribution in [0, 0.1) is 35.5 Å². The van der Waals surface area contributed by atoms with Gasteiger partial charge in [-0.2, -0.15) is 0 Å². The molecular formula is C13H15NO2. The standard InChI is InChI=1S/C13H15NO2/c1-14-12(15)10-8-4-5-9(11(10)13(14)16)7-3-2-6(7)8/h4-11H,2-3H2,1H3. The summed E-state index contributed by atoms with van der Waals surface area (Å²) in [5.74, 6) is 2.20. The van der Waals surface area contributed by atoms with Gasteiger partial charge in [0.25, 0.3) is 0 Å². The molecule has 16 heavy (non-hydrogen) atoms. The number of allylic oxidation sites excluding steroid dienone is 2. The lowest BCUT2D eigenvalue weighted by Gasteiger charge is -2.55. The van der Waals surface area contributed by atoms with Gasteiger partial charge in [-0.15, -0.1) is 0 Å². The van der Waals surface area contributed by atoms with E-state index in [9.17, 15) is 9.59 Å². The molecule has 6 atom stereocenters. The van der Waals surface area contributed by atoms with Crippen molar-refractivity contribution in [3.63, 3.8) is 0 Å². The van der Waals surface area contributed by atoms with Crippen LogP contribution in [0.2, 0.25) is 0 Å². The quantitative estimate of drug-likeness (QED) is 0.449. The molecule has 0 N–H and O–H groups in total. The molecule has 3 fully saturated rings. The molecule has 4 aliphatic carbocycles. The van der Waals surface area contributed by atoms with Crippen molar-refractivity contribution in [3.05, 3.63) is 12.2 Å². The molecule has 0 spiro atoms. The van der Waals surface area contributed by atoms with Gasteiger partial charge in [-0.3, -0.25) is 14.5 Å². The zero-order valence-electron chi connectivity index (χ0n) is 9.30. The minimum atomic E-state index is -0.0194. The molecule has 3 heteroatoms. The van der Waals surface area contributed by atoms with E-state index in [4.69, 9.17) is 0 Å². The van der Waals surface area contributed by atoms with Crippen molar-refractivity contribution in [2.75, 3.05) is 7.05 Å². The summed E-state index contributed by atoms with van der Waals surface area (Å²) in [5.41, 5.74) is 0. The van der Waals surface area contributed by atoms with Crippen LogP contribution >= 0.6 is 0 Å². The Morgan fingerprint density at radius 1 is 1.00 bits per heavy atom. The van der Waals surface area contributed by atoms with Gasteiger partial charge in [-0.1, -0.05) is 12.2 Å². The second kappa shape index (κ2) is 2.58. The van der Waals surface area contributed by atoms with Crippen LogP contribution in [-0.4, -0.2) is 23.8 Å². The molecule has 0 radical (unpaired) electrons. The van der Waals surface area contributed by atoms with Crippen molar-refractivity contribution in [3.8, 4) is 0 Å². The summed E-state index contributed by atoms with van der Waals surface area (Å²) in [7, 11) is 1.64. The number of hydrogen-bond acceptors (Lipinski definition) is 2. The zero-order valence-corrected chi connectivity index (χ0v) is 9.30. The summed E-state index contributed by atoms with van der Waals surface area (Å²) < 4.78 is 0. The maximum absolute atomic E-state index is 12.1. The molecule has 84 valence electrons. The summed E-state index contributed by atoms with van der Waals surface area (Å²) in [6.07, 6.45) is 6.95.